The van der Waals surface area contributed by atoms with E-state index < -0.39 is 0 Å². The summed E-state index contributed by atoms with van der Waals surface area (Å²) in [4.78, 5) is 26.6. The molecule has 154 valence electrons. The number of nitrogens with one attached hydrogen (secondary N) is 2. The first kappa shape index (κ1) is 21.0. The summed E-state index contributed by atoms with van der Waals surface area (Å²) in [5, 5.41) is 5.72. The zero-order valence-electron chi connectivity index (χ0n) is 16.8. The van der Waals surface area contributed by atoms with E-state index in [1.807, 2.05) is 61.5 Å². The molecular weight excluding hydrogens is 381 g/mol. The number of hydrogen-bond acceptors (Lipinski definition) is 2. The summed E-state index contributed by atoms with van der Waals surface area (Å²) < 4.78 is 13.3. The number of nitrogens with zero attached hydrogens (tertiary/aromatic N) is 1. The Morgan fingerprint density at radius 3 is 2.27 bits per heavy atom. The maximum atomic E-state index is 13.3. The molecule has 0 radical (unpaired) electrons. The number of halogens is 1. The number of anilines is 2. The van der Waals surface area contributed by atoms with Crippen molar-refractivity contribution in [2.75, 3.05) is 23.3 Å². The Morgan fingerprint density at radius 2 is 1.57 bits per heavy atom. The van der Waals surface area contributed by atoms with Crippen LogP contribution in [0.4, 0.5) is 20.6 Å². The molecule has 6 heteroatoms. The van der Waals surface area contributed by atoms with Gasteiger partial charge in [0.1, 0.15) is 5.82 Å². The van der Waals surface area contributed by atoms with Crippen molar-refractivity contribution >= 4 is 23.3 Å². The number of hydrogen-bond donors (Lipinski definition) is 2. The number of benzene rings is 3. The largest absolute Gasteiger partial charge is 0.354 e. The summed E-state index contributed by atoms with van der Waals surface area (Å²) in [5.41, 5.74) is 3.09. The number of carbonyl (C=O) groups is 2. The van der Waals surface area contributed by atoms with Crippen molar-refractivity contribution in [3.8, 4) is 0 Å². The average molecular weight is 405 g/mol. The molecule has 0 saturated carbocycles. The fraction of sp³-hybridized carbons (Fsp3) is 0.167. The van der Waals surface area contributed by atoms with Crippen LogP contribution in [0.15, 0.2) is 78.9 Å². The lowest BCUT2D eigenvalue weighted by Gasteiger charge is -2.24. The van der Waals surface area contributed by atoms with E-state index in [9.17, 15) is 14.0 Å². The van der Waals surface area contributed by atoms with E-state index in [0.717, 1.165) is 11.1 Å². The van der Waals surface area contributed by atoms with E-state index in [4.69, 9.17) is 0 Å². The smallest absolute Gasteiger partial charge is 0.326 e. The molecule has 0 bridgehead atoms. The first-order valence-electron chi connectivity index (χ1n) is 9.73. The first-order valence-corrected chi connectivity index (χ1v) is 9.73. The predicted octanol–water partition coefficient (Wildman–Crippen LogP) is 4.53. The Labute approximate surface area is 175 Å². The molecule has 5 nitrogen and oxygen atoms in total. The summed E-state index contributed by atoms with van der Waals surface area (Å²) in [7, 11) is 0. The lowest BCUT2D eigenvalue weighted by Crippen LogP contribution is -2.41. The van der Waals surface area contributed by atoms with Crippen LogP contribution in [0.25, 0.3) is 0 Å². The van der Waals surface area contributed by atoms with Gasteiger partial charge in [0.25, 0.3) is 0 Å². The van der Waals surface area contributed by atoms with Crippen molar-refractivity contribution in [3.63, 3.8) is 0 Å². The van der Waals surface area contributed by atoms with Gasteiger partial charge in [-0.3, -0.25) is 9.69 Å². The second-order valence-corrected chi connectivity index (χ2v) is 6.89. The Bertz CT molecular complexity index is 991. The molecule has 0 atom stereocenters. The summed E-state index contributed by atoms with van der Waals surface area (Å²) in [6.45, 7) is 2.41. The number of amides is 3. The highest BCUT2D eigenvalue weighted by Crippen LogP contribution is 2.18. The van der Waals surface area contributed by atoms with Gasteiger partial charge in [-0.25, -0.2) is 9.18 Å². The molecule has 0 aromatic heterocycles. The fourth-order valence-corrected chi connectivity index (χ4v) is 3.02. The molecule has 0 spiro atoms. The lowest BCUT2D eigenvalue weighted by atomic mass is 10.1. The van der Waals surface area contributed by atoms with Gasteiger partial charge in [0, 0.05) is 24.5 Å². The lowest BCUT2D eigenvalue weighted by molar-refractivity contribution is -0.120. The van der Waals surface area contributed by atoms with Crippen LogP contribution in [0.2, 0.25) is 0 Å². The van der Waals surface area contributed by atoms with Gasteiger partial charge in [-0.2, -0.15) is 0 Å². The quantitative estimate of drug-likeness (QED) is 0.607. The number of urea groups is 1. The summed E-state index contributed by atoms with van der Waals surface area (Å²) >= 11 is 0. The Balaban J connectivity index is 1.65. The van der Waals surface area contributed by atoms with E-state index in [0.29, 0.717) is 11.4 Å². The molecular formula is C24H24FN3O2. The Morgan fingerprint density at radius 1 is 0.900 bits per heavy atom. The molecule has 3 aromatic rings. The monoisotopic (exact) mass is 405 g/mol. The van der Waals surface area contributed by atoms with Crippen LogP contribution in [-0.4, -0.2) is 25.0 Å². The van der Waals surface area contributed by atoms with Gasteiger partial charge in [0.2, 0.25) is 5.91 Å². The van der Waals surface area contributed by atoms with Crippen LogP contribution >= 0.6 is 0 Å². The third kappa shape index (κ3) is 5.91. The molecule has 0 aliphatic heterocycles. The molecule has 30 heavy (non-hydrogen) atoms. The SMILES string of the molecule is Cc1ccccc1NC(=O)N(CCNC(=O)Cc1ccccc1)c1ccc(F)cc1. The standard InChI is InChI=1S/C24H24FN3O2/c1-18-7-5-6-10-22(18)27-24(30)28(21-13-11-20(25)12-14-21)16-15-26-23(29)17-19-8-3-2-4-9-19/h2-14H,15-17H2,1H3,(H,26,29)(H,27,30). The zero-order valence-corrected chi connectivity index (χ0v) is 16.8. The maximum Gasteiger partial charge on any atom is 0.326 e. The average Bonchev–Trinajstić information content (AvgIpc) is 2.74. The molecule has 0 aliphatic carbocycles. The van der Waals surface area contributed by atoms with Crippen molar-refractivity contribution in [2.45, 2.75) is 13.3 Å². The van der Waals surface area contributed by atoms with Crippen LogP contribution < -0.4 is 15.5 Å². The minimum Gasteiger partial charge on any atom is -0.354 e. The number of rotatable bonds is 7. The minimum atomic E-state index is -0.380. The summed E-state index contributed by atoms with van der Waals surface area (Å²) in [5.74, 6) is -0.506. The number of para-hydroxylation sites is 1. The van der Waals surface area contributed by atoms with Crippen molar-refractivity contribution < 1.29 is 14.0 Å². The zero-order chi connectivity index (χ0) is 21.3. The van der Waals surface area contributed by atoms with Gasteiger partial charge in [0.05, 0.1) is 6.42 Å². The van der Waals surface area contributed by atoms with Crippen molar-refractivity contribution in [1.82, 2.24) is 5.32 Å². The predicted molar refractivity (Wildman–Crippen MR) is 117 cm³/mol. The first-order chi connectivity index (χ1) is 14.5. The molecule has 2 N–H and O–H groups in total. The van der Waals surface area contributed by atoms with Gasteiger partial charge < -0.3 is 10.6 Å². The topological polar surface area (TPSA) is 61.4 Å². The van der Waals surface area contributed by atoms with Gasteiger partial charge in [0.15, 0.2) is 0 Å². The van der Waals surface area contributed by atoms with Gasteiger partial charge in [-0.05, 0) is 48.4 Å². The fourth-order valence-electron chi connectivity index (χ4n) is 3.02. The summed E-state index contributed by atoms with van der Waals surface area (Å²) in [6.07, 6.45) is 0.271. The molecule has 3 rings (SSSR count). The van der Waals surface area contributed by atoms with Crippen molar-refractivity contribution in [3.05, 3.63) is 95.8 Å². The molecule has 0 heterocycles. The van der Waals surface area contributed by atoms with Crippen molar-refractivity contribution in [2.24, 2.45) is 0 Å². The second-order valence-electron chi connectivity index (χ2n) is 6.89. The van der Waals surface area contributed by atoms with E-state index >= 15 is 0 Å². The highest BCUT2D eigenvalue weighted by molar-refractivity contribution is 6.02. The van der Waals surface area contributed by atoms with Gasteiger partial charge in [-0.1, -0.05) is 48.5 Å². The van der Waals surface area contributed by atoms with Crippen LogP contribution in [0.1, 0.15) is 11.1 Å². The van der Waals surface area contributed by atoms with E-state index in [2.05, 4.69) is 10.6 Å². The van der Waals surface area contributed by atoms with E-state index in [1.54, 1.807) is 12.1 Å². The van der Waals surface area contributed by atoms with E-state index in [-0.39, 0.29) is 37.3 Å². The molecule has 0 fully saturated rings. The highest BCUT2D eigenvalue weighted by atomic mass is 19.1. The molecule has 0 aliphatic rings. The van der Waals surface area contributed by atoms with Crippen LogP contribution in [-0.2, 0) is 11.2 Å². The van der Waals surface area contributed by atoms with Crippen LogP contribution in [0.5, 0.6) is 0 Å². The third-order valence-corrected chi connectivity index (χ3v) is 4.64. The van der Waals surface area contributed by atoms with Crippen LogP contribution in [0.3, 0.4) is 0 Å². The molecule has 0 saturated heterocycles. The maximum absolute atomic E-state index is 13.3. The third-order valence-electron chi connectivity index (χ3n) is 4.64. The molecule has 0 unspecified atom stereocenters. The Hall–Kier alpha value is -3.67. The normalized spacial score (nSPS) is 10.3. The van der Waals surface area contributed by atoms with Crippen molar-refractivity contribution in [1.29, 1.82) is 0 Å². The van der Waals surface area contributed by atoms with Gasteiger partial charge >= 0.3 is 6.03 Å². The number of carbonyl (C=O) groups excluding carboxylic acids is 2. The highest BCUT2D eigenvalue weighted by Gasteiger charge is 2.17. The summed E-state index contributed by atoms with van der Waals surface area (Å²) in [6, 6.07) is 22.2. The van der Waals surface area contributed by atoms with E-state index in [1.165, 1.54) is 17.0 Å². The minimum absolute atomic E-state index is 0.125. The molecule has 3 aromatic carbocycles. The molecule has 3 amide bonds. The Kier molecular flexibility index (Phi) is 7.16. The van der Waals surface area contributed by atoms with Gasteiger partial charge in [-0.15, -0.1) is 0 Å². The number of aryl methyl sites for hydroxylation is 1. The second kappa shape index (κ2) is 10.2. The van der Waals surface area contributed by atoms with Crippen LogP contribution in [0, 0.1) is 12.7 Å².